The second-order valence-corrected chi connectivity index (χ2v) is 6.61. The number of para-hydroxylation sites is 1. The van der Waals surface area contributed by atoms with Gasteiger partial charge in [-0.1, -0.05) is 26.0 Å². The molecule has 5 heteroatoms. The van der Waals surface area contributed by atoms with Gasteiger partial charge in [-0.05, 0) is 25.0 Å². The van der Waals surface area contributed by atoms with Crippen LogP contribution in [0.1, 0.15) is 20.8 Å². The Morgan fingerprint density at radius 3 is 2.63 bits per heavy atom. The number of rotatable bonds is 3. The fraction of sp³-hybridized carbons (Fsp3) is 0.429. The van der Waals surface area contributed by atoms with E-state index in [-0.39, 0.29) is 18.4 Å². The Bertz CT molecular complexity index is 529. The summed E-state index contributed by atoms with van der Waals surface area (Å²) in [6.07, 6.45) is 0. The molecule has 1 aliphatic heterocycles. The van der Waals surface area contributed by atoms with Crippen molar-refractivity contribution in [2.24, 2.45) is 5.92 Å². The van der Waals surface area contributed by atoms with E-state index >= 15 is 0 Å². The molecule has 19 heavy (non-hydrogen) atoms. The van der Waals surface area contributed by atoms with Crippen LogP contribution in [0.15, 0.2) is 29.2 Å². The summed E-state index contributed by atoms with van der Waals surface area (Å²) >= 11 is 1.52. The van der Waals surface area contributed by atoms with E-state index < -0.39 is 10.7 Å². The second kappa shape index (κ2) is 4.89. The van der Waals surface area contributed by atoms with Crippen LogP contribution in [0.5, 0.6) is 0 Å². The number of benzene rings is 1. The second-order valence-electron chi connectivity index (χ2n) is 5.12. The van der Waals surface area contributed by atoms with Crippen molar-refractivity contribution in [2.75, 3.05) is 11.4 Å². The van der Waals surface area contributed by atoms with Gasteiger partial charge >= 0.3 is 5.97 Å². The Labute approximate surface area is 116 Å². The van der Waals surface area contributed by atoms with E-state index in [4.69, 9.17) is 5.11 Å². The van der Waals surface area contributed by atoms with Gasteiger partial charge in [0.1, 0.15) is 6.54 Å². The summed E-state index contributed by atoms with van der Waals surface area (Å²) in [7, 11) is 0. The van der Waals surface area contributed by atoms with Crippen LogP contribution in [-0.2, 0) is 9.59 Å². The zero-order valence-corrected chi connectivity index (χ0v) is 12.0. The zero-order chi connectivity index (χ0) is 14.2. The minimum atomic E-state index is -0.999. The molecule has 0 bridgehead atoms. The van der Waals surface area contributed by atoms with Crippen LogP contribution >= 0.6 is 11.8 Å². The molecule has 1 atom stereocenters. The Hall–Kier alpha value is -1.49. The molecule has 1 aromatic rings. The topological polar surface area (TPSA) is 57.6 Å². The van der Waals surface area contributed by atoms with Crippen molar-refractivity contribution < 1.29 is 14.7 Å². The molecule has 0 aliphatic carbocycles. The van der Waals surface area contributed by atoms with Crippen LogP contribution in [0.4, 0.5) is 5.69 Å². The Morgan fingerprint density at radius 2 is 2.05 bits per heavy atom. The maximum Gasteiger partial charge on any atom is 0.323 e. The van der Waals surface area contributed by atoms with Crippen LogP contribution in [0.3, 0.4) is 0 Å². The van der Waals surface area contributed by atoms with Crippen LogP contribution in [0.25, 0.3) is 0 Å². The summed E-state index contributed by atoms with van der Waals surface area (Å²) in [6.45, 7) is 5.56. The first kappa shape index (κ1) is 13.9. The van der Waals surface area contributed by atoms with E-state index in [2.05, 4.69) is 0 Å². The molecule has 102 valence electrons. The van der Waals surface area contributed by atoms with Gasteiger partial charge in [0.15, 0.2) is 0 Å². The summed E-state index contributed by atoms with van der Waals surface area (Å²) in [5, 5.41) is 9.02. The van der Waals surface area contributed by atoms with Crippen LogP contribution in [-0.4, -0.2) is 28.3 Å². The molecule has 0 spiro atoms. The predicted octanol–water partition coefficient (Wildman–Crippen LogP) is 2.62. The molecule has 1 aromatic carbocycles. The number of aliphatic carboxylic acids is 1. The number of carboxylic acids is 1. The van der Waals surface area contributed by atoms with E-state index in [1.807, 2.05) is 39.0 Å². The number of carboxylic acid groups (broad SMARTS) is 1. The fourth-order valence-corrected chi connectivity index (χ4v) is 3.39. The summed E-state index contributed by atoms with van der Waals surface area (Å²) < 4.78 is -0.621. The molecule has 0 saturated carbocycles. The Morgan fingerprint density at radius 1 is 1.42 bits per heavy atom. The van der Waals surface area contributed by atoms with E-state index in [1.54, 1.807) is 6.07 Å². The number of hydrogen-bond acceptors (Lipinski definition) is 3. The first-order chi connectivity index (χ1) is 8.86. The number of carbonyl (C=O) groups is 2. The van der Waals surface area contributed by atoms with E-state index in [0.29, 0.717) is 5.69 Å². The van der Waals surface area contributed by atoms with Crippen molar-refractivity contribution in [1.82, 2.24) is 0 Å². The predicted molar refractivity (Wildman–Crippen MR) is 75.5 cm³/mol. The summed E-state index contributed by atoms with van der Waals surface area (Å²) in [6, 6.07) is 7.45. The van der Waals surface area contributed by atoms with Crippen molar-refractivity contribution in [3.8, 4) is 0 Å². The fourth-order valence-electron chi connectivity index (χ4n) is 2.07. The van der Waals surface area contributed by atoms with Crippen LogP contribution in [0, 0.1) is 5.92 Å². The minimum Gasteiger partial charge on any atom is -0.480 e. The highest BCUT2D eigenvalue weighted by Crippen LogP contribution is 2.48. The van der Waals surface area contributed by atoms with Gasteiger partial charge in [0.05, 0.1) is 10.4 Å². The highest BCUT2D eigenvalue weighted by Gasteiger charge is 2.45. The lowest BCUT2D eigenvalue weighted by Gasteiger charge is -2.41. The van der Waals surface area contributed by atoms with Crippen molar-refractivity contribution in [2.45, 2.75) is 30.4 Å². The van der Waals surface area contributed by atoms with Crippen molar-refractivity contribution in [1.29, 1.82) is 0 Å². The zero-order valence-electron chi connectivity index (χ0n) is 11.2. The quantitative estimate of drug-likeness (QED) is 0.924. The largest absolute Gasteiger partial charge is 0.480 e. The molecule has 1 unspecified atom stereocenters. The Kier molecular flexibility index (Phi) is 3.58. The smallest absolute Gasteiger partial charge is 0.323 e. The van der Waals surface area contributed by atoms with Gasteiger partial charge in [-0.3, -0.25) is 14.5 Å². The average molecular weight is 279 g/mol. The van der Waals surface area contributed by atoms with Crippen molar-refractivity contribution >= 4 is 29.3 Å². The first-order valence-corrected chi connectivity index (χ1v) is 6.99. The molecular formula is C14H17NO3S. The van der Waals surface area contributed by atoms with E-state index in [0.717, 1.165) is 4.90 Å². The molecule has 1 N–H and O–H groups in total. The van der Waals surface area contributed by atoms with Crippen molar-refractivity contribution in [3.63, 3.8) is 0 Å². The molecule has 0 radical (unpaired) electrons. The third-order valence-corrected chi connectivity index (χ3v) is 5.18. The van der Waals surface area contributed by atoms with Gasteiger partial charge in [-0.2, -0.15) is 0 Å². The maximum atomic E-state index is 12.6. The molecule has 0 aromatic heterocycles. The number of nitrogens with zero attached hydrogens (tertiary/aromatic N) is 1. The third-order valence-electron chi connectivity index (χ3n) is 3.54. The lowest BCUT2D eigenvalue weighted by atomic mass is 9.94. The van der Waals surface area contributed by atoms with Crippen LogP contribution in [0.2, 0.25) is 0 Å². The maximum absolute atomic E-state index is 12.6. The molecule has 1 aliphatic rings. The standard InChI is InChI=1S/C14H17NO3S/c1-9(2)14(3)13(18)15(8-12(16)17)10-6-4-5-7-11(10)19-14/h4-7,9H,8H2,1-3H3,(H,16,17). The Balaban J connectivity index is 2.52. The number of fused-ring (bicyclic) bond motifs is 1. The number of hydrogen-bond donors (Lipinski definition) is 1. The number of carbonyl (C=O) groups excluding carboxylic acids is 1. The monoisotopic (exact) mass is 279 g/mol. The highest BCUT2D eigenvalue weighted by atomic mass is 32.2. The van der Waals surface area contributed by atoms with Gasteiger partial charge in [0.2, 0.25) is 5.91 Å². The van der Waals surface area contributed by atoms with E-state index in [1.165, 1.54) is 16.7 Å². The van der Waals surface area contributed by atoms with Crippen LogP contribution < -0.4 is 4.90 Å². The number of amides is 1. The summed E-state index contributed by atoms with van der Waals surface area (Å²) in [5.41, 5.74) is 0.693. The lowest BCUT2D eigenvalue weighted by Crippen LogP contribution is -2.52. The molecular weight excluding hydrogens is 262 g/mol. The minimum absolute atomic E-state index is 0.120. The molecule has 0 fully saturated rings. The average Bonchev–Trinajstić information content (AvgIpc) is 2.34. The third kappa shape index (κ3) is 2.34. The first-order valence-electron chi connectivity index (χ1n) is 6.18. The van der Waals surface area contributed by atoms with Gasteiger partial charge in [0.25, 0.3) is 0 Å². The van der Waals surface area contributed by atoms with E-state index in [9.17, 15) is 9.59 Å². The number of anilines is 1. The van der Waals surface area contributed by atoms with Gasteiger partial charge in [0, 0.05) is 4.90 Å². The molecule has 1 amide bonds. The van der Waals surface area contributed by atoms with Gasteiger partial charge in [-0.25, -0.2) is 0 Å². The summed E-state index contributed by atoms with van der Waals surface area (Å²) in [5.74, 6) is -1.01. The van der Waals surface area contributed by atoms with Crippen molar-refractivity contribution in [3.05, 3.63) is 24.3 Å². The number of thioether (sulfide) groups is 1. The van der Waals surface area contributed by atoms with Gasteiger partial charge < -0.3 is 5.11 Å². The molecule has 4 nitrogen and oxygen atoms in total. The lowest BCUT2D eigenvalue weighted by molar-refractivity contribution is -0.137. The normalized spacial score (nSPS) is 22.5. The molecule has 1 heterocycles. The molecule has 0 saturated heterocycles. The van der Waals surface area contributed by atoms with Gasteiger partial charge in [-0.15, -0.1) is 11.8 Å². The molecule has 2 rings (SSSR count). The highest BCUT2D eigenvalue weighted by molar-refractivity contribution is 8.01. The summed E-state index contributed by atoms with van der Waals surface area (Å²) in [4.78, 5) is 26.0. The SMILES string of the molecule is CC(C)C1(C)Sc2ccccc2N(CC(=O)O)C1=O.